The monoisotopic (exact) mass is 325 g/mol. The standard InChI is InChI=1S/C18H19N3O3/c1-12(11-24-14-5-3-2-4-6-14)18(23)21-16-9-13(10-22)7-8-15(16)17(19)20-21/h2-9,12,22H,10-11H2,1H3,(H2,19,20)/t12-/m0/s1. The lowest BCUT2D eigenvalue weighted by Crippen LogP contribution is -2.25. The molecule has 0 aliphatic heterocycles. The summed E-state index contributed by atoms with van der Waals surface area (Å²) in [6, 6.07) is 14.6. The van der Waals surface area contributed by atoms with Crippen LogP contribution in [0.3, 0.4) is 0 Å². The van der Waals surface area contributed by atoms with E-state index < -0.39 is 5.92 Å². The number of rotatable bonds is 5. The van der Waals surface area contributed by atoms with Crippen LogP contribution in [0, 0.1) is 5.92 Å². The van der Waals surface area contributed by atoms with E-state index in [1.54, 1.807) is 25.1 Å². The molecule has 1 heterocycles. The number of nitrogens with two attached hydrogens (primary N) is 1. The first kappa shape index (κ1) is 16.0. The summed E-state index contributed by atoms with van der Waals surface area (Å²) in [5.41, 5.74) is 7.19. The molecule has 0 amide bonds. The summed E-state index contributed by atoms with van der Waals surface area (Å²) in [5.74, 6) is 0.400. The summed E-state index contributed by atoms with van der Waals surface area (Å²) in [6.45, 7) is 1.91. The first-order valence-corrected chi connectivity index (χ1v) is 7.70. The molecule has 0 radical (unpaired) electrons. The topological polar surface area (TPSA) is 90.4 Å². The Morgan fingerprint density at radius 3 is 2.75 bits per heavy atom. The summed E-state index contributed by atoms with van der Waals surface area (Å²) < 4.78 is 6.94. The van der Waals surface area contributed by atoms with Gasteiger partial charge in [-0.2, -0.15) is 4.68 Å². The Morgan fingerprint density at radius 1 is 1.29 bits per heavy atom. The number of para-hydroxylation sites is 1. The molecule has 0 aliphatic rings. The lowest BCUT2D eigenvalue weighted by molar-refractivity contribution is 0.0791. The number of aromatic nitrogens is 2. The number of anilines is 1. The fourth-order valence-corrected chi connectivity index (χ4v) is 2.47. The number of aliphatic hydroxyl groups excluding tert-OH is 1. The van der Waals surface area contributed by atoms with E-state index in [2.05, 4.69) is 5.10 Å². The van der Waals surface area contributed by atoms with Crippen molar-refractivity contribution in [3.05, 3.63) is 54.1 Å². The number of carbonyl (C=O) groups is 1. The van der Waals surface area contributed by atoms with Gasteiger partial charge in [0, 0.05) is 5.39 Å². The first-order chi connectivity index (χ1) is 11.6. The van der Waals surface area contributed by atoms with Crippen LogP contribution in [0.4, 0.5) is 5.82 Å². The second-order valence-electron chi connectivity index (χ2n) is 5.67. The zero-order valence-electron chi connectivity index (χ0n) is 13.3. The van der Waals surface area contributed by atoms with Crippen molar-refractivity contribution in [2.75, 3.05) is 12.3 Å². The molecule has 6 heteroatoms. The van der Waals surface area contributed by atoms with Crippen LogP contribution in [0.2, 0.25) is 0 Å². The van der Waals surface area contributed by atoms with Crippen LogP contribution in [-0.4, -0.2) is 27.4 Å². The molecule has 0 fully saturated rings. The minimum Gasteiger partial charge on any atom is -0.493 e. The Labute approximate surface area is 139 Å². The van der Waals surface area contributed by atoms with Gasteiger partial charge in [0.1, 0.15) is 5.75 Å². The second kappa shape index (κ2) is 6.72. The van der Waals surface area contributed by atoms with Crippen LogP contribution in [0.25, 0.3) is 10.9 Å². The molecular formula is C18H19N3O3. The third-order valence-corrected chi connectivity index (χ3v) is 3.83. The highest BCUT2D eigenvalue weighted by molar-refractivity contribution is 5.97. The van der Waals surface area contributed by atoms with Crippen molar-refractivity contribution >= 4 is 22.6 Å². The fourth-order valence-electron chi connectivity index (χ4n) is 2.47. The molecule has 6 nitrogen and oxygen atoms in total. The highest BCUT2D eigenvalue weighted by Crippen LogP contribution is 2.23. The van der Waals surface area contributed by atoms with Crippen LogP contribution in [0.5, 0.6) is 5.75 Å². The van der Waals surface area contributed by atoms with E-state index in [-0.39, 0.29) is 19.1 Å². The smallest absolute Gasteiger partial charge is 0.253 e. The fraction of sp³-hybridized carbons (Fsp3) is 0.222. The second-order valence-corrected chi connectivity index (χ2v) is 5.67. The Balaban J connectivity index is 1.82. The molecule has 0 saturated heterocycles. The van der Waals surface area contributed by atoms with E-state index in [4.69, 9.17) is 10.5 Å². The van der Waals surface area contributed by atoms with Crippen molar-refractivity contribution in [2.24, 2.45) is 5.92 Å². The van der Waals surface area contributed by atoms with Crippen LogP contribution in [-0.2, 0) is 6.61 Å². The van der Waals surface area contributed by atoms with E-state index >= 15 is 0 Å². The van der Waals surface area contributed by atoms with Crippen molar-refractivity contribution in [1.82, 2.24) is 9.78 Å². The van der Waals surface area contributed by atoms with E-state index in [9.17, 15) is 9.90 Å². The molecule has 0 unspecified atom stereocenters. The highest BCUT2D eigenvalue weighted by Gasteiger charge is 2.21. The number of hydrogen-bond acceptors (Lipinski definition) is 5. The molecule has 3 aromatic rings. The summed E-state index contributed by atoms with van der Waals surface area (Å²) in [5, 5.41) is 14.1. The number of ether oxygens (including phenoxy) is 1. The number of nitrogens with zero attached hydrogens (tertiary/aromatic N) is 2. The van der Waals surface area contributed by atoms with Gasteiger partial charge >= 0.3 is 0 Å². The van der Waals surface area contributed by atoms with E-state index in [1.165, 1.54) is 4.68 Å². The summed E-state index contributed by atoms with van der Waals surface area (Å²) >= 11 is 0. The predicted octanol–water partition coefficient (Wildman–Crippen LogP) is 2.47. The van der Waals surface area contributed by atoms with Gasteiger partial charge in [-0.25, -0.2) is 0 Å². The SMILES string of the molecule is C[C@@H](COc1ccccc1)C(=O)n1nc(N)c2ccc(CO)cc21. The van der Waals surface area contributed by atoms with Gasteiger partial charge in [0.25, 0.3) is 5.91 Å². The van der Waals surface area contributed by atoms with Crippen molar-refractivity contribution in [2.45, 2.75) is 13.5 Å². The number of carbonyl (C=O) groups excluding carboxylic acids is 1. The van der Waals surface area contributed by atoms with Gasteiger partial charge in [0.05, 0.1) is 24.6 Å². The summed E-state index contributed by atoms with van der Waals surface area (Å²) in [6.07, 6.45) is 0. The largest absolute Gasteiger partial charge is 0.493 e. The van der Waals surface area contributed by atoms with Gasteiger partial charge in [0.2, 0.25) is 0 Å². The number of fused-ring (bicyclic) bond motifs is 1. The van der Waals surface area contributed by atoms with Gasteiger partial charge in [-0.15, -0.1) is 5.10 Å². The molecule has 0 aliphatic carbocycles. The van der Waals surface area contributed by atoms with Gasteiger partial charge < -0.3 is 15.6 Å². The van der Waals surface area contributed by atoms with Crippen LogP contribution in [0.1, 0.15) is 17.3 Å². The predicted molar refractivity (Wildman–Crippen MR) is 91.8 cm³/mol. The Kier molecular flexibility index (Phi) is 4.48. The lowest BCUT2D eigenvalue weighted by atomic mass is 10.1. The van der Waals surface area contributed by atoms with Crippen molar-refractivity contribution in [3.63, 3.8) is 0 Å². The summed E-state index contributed by atoms with van der Waals surface area (Å²) in [4.78, 5) is 12.7. The van der Waals surface area contributed by atoms with Crippen molar-refractivity contribution < 1.29 is 14.6 Å². The molecule has 1 atom stereocenters. The first-order valence-electron chi connectivity index (χ1n) is 7.70. The molecule has 3 rings (SSSR count). The van der Waals surface area contributed by atoms with Crippen LogP contribution < -0.4 is 10.5 Å². The normalized spacial score (nSPS) is 12.2. The molecule has 124 valence electrons. The third kappa shape index (κ3) is 3.09. The minimum absolute atomic E-state index is 0.109. The molecule has 1 aromatic heterocycles. The Bertz CT molecular complexity index is 859. The zero-order chi connectivity index (χ0) is 17.1. The van der Waals surface area contributed by atoms with Gasteiger partial charge in [-0.1, -0.05) is 31.2 Å². The van der Waals surface area contributed by atoms with Crippen molar-refractivity contribution in [3.8, 4) is 5.75 Å². The van der Waals surface area contributed by atoms with Gasteiger partial charge in [-0.05, 0) is 29.8 Å². The summed E-state index contributed by atoms with van der Waals surface area (Å²) in [7, 11) is 0. The van der Waals surface area contributed by atoms with Gasteiger partial charge in [-0.3, -0.25) is 4.79 Å². The minimum atomic E-state index is -0.398. The number of nitrogen functional groups attached to an aromatic ring is 1. The number of hydrogen-bond donors (Lipinski definition) is 2. The molecule has 24 heavy (non-hydrogen) atoms. The Morgan fingerprint density at radius 2 is 2.04 bits per heavy atom. The quantitative estimate of drug-likeness (QED) is 0.752. The number of aliphatic hydroxyl groups is 1. The lowest BCUT2D eigenvalue weighted by Gasteiger charge is -2.12. The molecule has 0 bridgehead atoms. The molecule has 2 aromatic carbocycles. The average Bonchev–Trinajstić information content (AvgIpc) is 2.96. The van der Waals surface area contributed by atoms with Crippen LogP contribution >= 0.6 is 0 Å². The molecule has 3 N–H and O–H groups in total. The zero-order valence-corrected chi connectivity index (χ0v) is 13.3. The Hall–Kier alpha value is -2.86. The maximum absolute atomic E-state index is 12.7. The van der Waals surface area contributed by atoms with Gasteiger partial charge in [0.15, 0.2) is 5.82 Å². The average molecular weight is 325 g/mol. The molecule has 0 spiro atoms. The van der Waals surface area contributed by atoms with E-state index in [0.717, 1.165) is 0 Å². The third-order valence-electron chi connectivity index (χ3n) is 3.83. The number of benzene rings is 2. The molecular weight excluding hydrogens is 306 g/mol. The van der Waals surface area contributed by atoms with E-state index in [1.807, 2.05) is 30.3 Å². The highest BCUT2D eigenvalue weighted by atomic mass is 16.5. The van der Waals surface area contributed by atoms with E-state index in [0.29, 0.717) is 28.0 Å². The maximum atomic E-state index is 12.7. The molecule has 0 saturated carbocycles. The maximum Gasteiger partial charge on any atom is 0.253 e. The van der Waals surface area contributed by atoms with Crippen molar-refractivity contribution in [1.29, 1.82) is 0 Å². The van der Waals surface area contributed by atoms with Crippen LogP contribution in [0.15, 0.2) is 48.5 Å².